The lowest BCUT2D eigenvalue weighted by Gasteiger charge is -2.24. The van der Waals surface area contributed by atoms with Crippen LogP contribution in [0.1, 0.15) is 53.0 Å². The summed E-state index contributed by atoms with van der Waals surface area (Å²) in [5, 5.41) is 2.35. The van der Waals surface area contributed by atoms with Crippen molar-refractivity contribution in [2.45, 2.75) is 39.0 Å². The number of hydrogen-bond acceptors (Lipinski definition) is 3. The first-order chi connectivity index (χ1) is 18.3. The predicted octanol–water partition coefficient (Wildman–Crippen LogP) is 7.84. The third-order valence-corrected chi connectivity index (χ3v) is 6.81. The zero-order chi connectivity index (χ0) is 28.5. The van der Waals surface area contributed by atoms with E-state index in [1.165, 1.54) is 55.1 Å². The van der Waals surface area contributed by atoms with Crippen molar-refractivity contribution in [3.63, 3.8) is 0 Å². The average Bonchev–Trinajstić information content (AvgIpc) is 3.68. The fraction of sp³-hybridized carbons (Fsp3) is 0.286. The molecule has 0 radical (unpaired) electrons. The van der Waals surface area contributed by atoms with Gasteiger partial charge in [-0.15, -0.1) is 0 Å². The second-order valence-corrected chi connectivity index (χ2v) is 10.5. The average molecular weight is 611 g/mol. The maximum atomic E-state index is 15.8. The Labute approximate surface area is 230 Å². The van der Waals surface area contributed by atoms with Crippen LogP contribution in [0.4, 0.5) is 33.3 Å². The van der Waals surface area contributed by atoms with Gasteiger partial charge in [0.15, 0.2) is 11.6 Å². The van der Waals surface area contributed by atoms with E-state index in [9.17, 15) is 27.2 Å². The highest BCUT2D eigenvalue weighted by Gasteiger charge is 2.31. The summed E-state index contributed by atoms with van der Waals surface area (Å²) >= 11 is 3.14. The summed E-state index contributed by atoms with van der Waals surface area (Å²) in [4.78, 5) is 27.6. The summed E-state index contributed by atoms with van der Waals surface area (Å²) in [6.07, 6.45) is 1.70. The van der Waals surface area contributed by atoms with Crippen molar-refractivity contribution < 1.29 is 36.3 Å². The van der Waals surface area contributed by atoms with E-state index >= 15 is 4.39 Å². The number of rotatable bonds is 9. The Morgan fingerprint density at radius 3 is 2.36 bits per heavy atom. The maximum absolute atomic E-state index is 15.8. The van der Waals surface area contributed by atoms with Gasteiger partial charge in [0.1, 0.15) is 11.5 Å². The molecule has 0 heterocycles. The molecule has 4 rings (SSSR count). The normalized spacial score (nSPS) is 13.4. The first-order valence-corrected chi connectivity index (χ1v) is 12.8. The number of ether oxygens (including phenoxy) is 1. The summed E-state index contributed by atoms with van der Waals surface area (Å²) < 4.78 is 74.4. The third kappa shape index (κ3) is 6.76. The molecule has 1 aliphatic carbocycles. The van der Waals surface area contributed by atoms with Crippen LogP contribution >= 0.6 is 15.9 Å². The zero-order valence-electron chi connectivity index (χ0n) is 20.9. The van der Waals surface area contributed by atoms with Crippen molar-refractivity contribution >= 4 is 39.1 Å². The van der Waals surface area contributed by atoms with Crippen LogP contribution in [0.15, 0.2) is 59.1 Å². The molecule has 0 aromatic heterocycles. The van der Waals surface area contributed by atoms with Crippen molar-refractivity contribution in [1.82, 2.24) is 0 Å². The highest BCUT2D eigenvalue weighted by Crippen LogP contribution is 2.40. The summed E-state index contributed by atoms with van der Waals surface area (Å²) in [5.74, 6) is -3.50. The van der Waals surface area contributed by atoms with Gasteiger partial charge in [0.25, 0.3) is 11.8 Å². The van der Waals surface area contributed by atoms with Crippen LogP contribution in [0.25, 0.3) is 0 Å². The molecule has 39 heavy (non-hydrogen) atoms. The Morgan fingerprint density at radius 2 is 1.77 bits per heavy atom. The molecule has 11 heteroatoms. The molecular weight excluding hydrogens is 587 g/mol. The van der Waals surface area contributed by atoms with Gasteiger partial charge in [-0.05, 0) is 103 Å². The summed E-state index contributed by atoms with van der Waals surface area (Å²) in [7, 11) is 0. The maximum Gasteiger partial charge on any atom is 0.387 e. The van der Waals surface area contributed by atoms with Crippen molar-refractivity contribution in [2.24, 2.45) is 5.92 Å². The lowest BCUT2D eigenvalue weighted by Crippen LogP contribution is -2.34. The number of halogens is 6. The molecule has 1 N–H and O–H groups in total. The monoisotopic (exact) mass is 610 g/mol. The van der Waals surface area contributed by atoms with Crippen LogP contribution in [-0.2, 0) is 5.67 Å². The van der Waals surface area contributed by atoms with Gasteiger partial charge in [-0.1, -0.05) is 6.07 Å². The van der Waals surface area contributed by atoms with Gasteiger partial charge >= 0.3 is 6.61 Å². The minimum atomic E-state index is -3.28. The molecule has 5 nitrogen and oxygen atoms in total. The van der Waals surface area contributed by atoms with Crippen LogP contribution in [0.5, 0.6) is 5.75 Å². The summed E-state index contributed by atoms with van der Waals surface area (Å²) in [6, 6.07) is 11.0. The van der Waals surface area contributed by atoms with Crippen LogP contribution < -0.4 is 15.0 Å². The van der Waals surface area contributed by atoms with Crippen LogP contribution in [0.2, 0.25) is 0 Å². The fourth-order valence-corrected chi connectivity index (χ4v) is 4.46. The highest BCUT2D eigenvalue weighted by molar-refractivity contribution is 9.10. The van der Waals surface area contributed by atoms with E-state index in [1.54, 1.807) is 0 Å². The number of nitrogens with one attached hydrogen (secondary N) is 1. The molecule has 1 fully saturated rings. The van der Waals surface area contributed by atoms with Crippen LogP contribution in [-0.4, -0.2) is 25.0 Å². The van der Waals surface area contributed by atoms with Crippen molar-refractivity contribution in [3.8, 4) is 5.75 Å². The number of benzene rings is 3. The molecule has 0 bridgehead atoms. The van der Waals surface area contributed by atoms with Gasteiger partial charge in [-0.2, -0.15) is 8.78 Å². The quantitative estimate of drug-likeness (QED) is 0.251. The SMILES string of the molecule is CC(C)(F)c1cc(Br)c(NC(=O)c2cccc(N(CC3CC3)C(=O)c3ccc(F)cc3)c2F)c(OC(F)F)c1. The van der Waals surface area contributed by atoms with Gasteiger partial charge in [-0.3, -0.25) is 9.59 Å². The second-order valence-electron chi connectivity index (χ2n) is 9.64. The Balaban J connectivity index is 1.69. The minimum Gasteiger partial charge on any atom is -0.433 e. The van der Waals surface area contributed by atoms with Crippen molar-refractivity contribution in [2.75, 3.05) is 16.8 Å². The molecule has 0 atom stereocenters. The van der Waals surface area contributed by atoms with Crippen LogP contribution in [0, 0.1) is 17.6 Å². The number of carbonyl (C=O) groups is 2. The molecule has 3 aromatic carbocycles. The van der Waals surface area contributed by atoms with E-state index in [0.717, 1.165) is 31.0 Å². The van der Waals surface area contributed by atoms with E-state index in [2.05, 4.69) is 26.0 Å². The molecule has 1 saturated carbocycles. The van der Waals surface area contributed by atoms with Crippen LogP contribution in [0.3, 0.4) is 0 Å². The number of nitrogens with zero attached hydrogens (tertiary/aromatic N) is 1. The van der Waals surface area contributed by atoms with E-state index in [4.69, 9.17) is 0 Å². The molecule has 3 aromatic rings. The van der Waals surface area contributed by atoms with Gasteiger partial charge in [-0.25, -0.2) is 13.2 Å². The van der Waals surface area contributed by atoms with E-state index in [-0.39, 0.29) is 39.4 Å². The summed E-state index contributed by atoms with van der Waals surface area (Å²) in [5.41, 5.74) is -2.65. The smallest absolute Gasteiger partial charge is 0.387 e. The minimum absolute atomic E-state index is 0.00576. The molecular formula is C28H24BrF5N2O3. The Kier molecular flexibility index (Phi) is 8.29. The van der Waals surface area contributed by atoms with Gasteiger partial charge < -0.3 is 15.0 Å². The standard InChI is InChI=1S/C28H24BrF5N2O3/c1-28(2,34)17-12-20(29)24(22(13-17)39-27(32)33)35-25(37)19-4-3-5-21(23(19)31)36(14-15-6-7-15)26(38)16-8-10-18(30)11-9-16/h3-5,8-13,15,27H,6-7,14H2,1-2H3,(H,35,37). The number of hydrogen-bond donors (Lipinski definition) is 1. The van der Waals surface area contributed by atoms with Gasteiger partial charge in [0.05, 0.1) is 16.9 Å². The van der Waals surface area contributed by atoms with Crippen molar-refractivity contribution in [1.29, 1.82) is 0 Å². The summed E-state index contributed by atoms with van der Waals surface area (Å²) in [6.45, 7) is -0.642. The highest BCUT2D eigenvalue weighted by atomic mass is 79.9. The first kappa shape index (κ1) is 28.5. The van der Waals surface area contributed by atoms with E-state index in [0.29, 0.717) is 0 Å². The van der Waals surface area contributed by atoms with Crippen molar-refractivity contribution in [3.05, 3.63) is 87.4 Å². The molecule has 0 spiro atoms. The number of carbonyl (C=O) groups excluding carboxylic acids is 2. The molecule has 0 unspecified atom stereocenters. The number of anilines is 2. The zero-order valence-corrected chi connectivity index (χ0v) is 22.5. The second kappa shape index (κ2) is 11.3. The Hall–Kier alpha value is -3.47. The molecule has 1 aliphatic rings. The topological polar surface area (TPSA) is 58.6 Å². The number of amides is 2. The van der Waals surface area contributed by atoms with E-state index in [1.807, 2.05) is 0 Å². The lowest BCUT2D eigenvalue weighted by atomic mass is 9.99. The lowest BCUT2D eigenvalue weighted by molar-refractivity contribution is -0.0495. The van der Waals surface area contributed by atoms with Gasteiger partial charge in [0.2, 0.25) is 0 Å². The molecule has 0 saturated heterocycles. The Morgan fingerprint density at radius 1 is 1.10 bits per heavy atom. The van der Waals surface area contributed by atoms with E-state index < -0.39 is 47.0 Å². The number of alkyl halides is 3. The molecule has 0 aliphatic heterocycles. The first-order valence-electron chi connectivity index (χ1n) is 12.0. The predicted molar refractivity (Wildman–Crippen MR) is 140 cm³/mol. The molecule has 206 valence electrons. The Bertz CT molecular complexity index is 1390. The third-order valence-electron chi connectivity index (χ3n) is 6.18. The fourth-order valence-electron chi connectivity index (χ4n) is 3.92. The largest absolute Gasteiger partial charge is 0.433 e. The van der Waals surface area contributed by atoms with Gasteiger partial charge in [0, 0.05) is 16.6 Å². The molecule has 2 amide bonds.